The number of hydrogen-bond donors (Lipinski definition) is 2. The van der Waals surface area contributed by atoms with Crippen molar-refractivity contribution in [2.75, 3.05) is 25.0 Å². The van der Waals surface area contributed by atoms with E-state index in [9.17, 15) is 4.79 Å². The standard InChI is InChI=1S/C23H30N4O/c1-17-6-10-20(11-7-17)18(2)15-25-23(24-3)26-16-19-8-12-21(13-9-19)27-14-4-5-22(27)28/h6-13,18H,4-5,14-16H2,1-3H3,(H2,24,25,26). The number of aryl methyl sites for hydroxylation is 1. The summed E-state index contributed by atoms with van der Waals surface area (Å²) in [4.78, 5) is 18.0. The van der Waals surface area contributed by atoms with Crippen molar-refractivity contribution in [3.8, 4) is 0 Å². The second-order valence-corrected chi connectivity index (χ2v) is 7.43. The number of rotatable bonds is 6. The molecule has 0 aliphatic carbocycles. The van der Waals surface area contributed by atoms with Gasteiger partial charge in [0.05, 0.1) is 0 Å². The minimum absolute atomic E-state index is 0.221. The van der Waals surface area contributed by atoms with Gasteiger partial charge in [0.25, 0.3) is 0 Å². The quantitative estimate of drug-likeness (QED) is 0.597. The van der Waals surface area contributed by atoms with Gasteiger partial charge in [-0.2, -0.15) is 0 Å². The summed E-state index contributed by atoms with van der Waals surface area (Å²) in [5.41, 5.74) is 4.74. The lowest BCUT2D eigenvalue weighted by Crippen LogP contribution is -2.38. The molecule has 5 nitrogen and oxygen atoms in total. The first kappa shape index (κ1) is 19.9. The van der Waals surface area contributed by atoms with E-state index in [0.29, 0.717) is 18.9 Å². The SMILES string of the molecule is CN=C(NCc1ccc(N2CCCC2=O)cc1)NCC(C)c1ccc(C)cc1. The van der Waals surface area contributed by atoms with Gasteiger partial charge in [-0.05, 0) is 42.5 Å². The zero-order valence-corrected chi connectivity index (χ0v) is 17.0. The second kappa shape index (κ2) is 9.40. The van der Waals surface area contributed by atoms with Crippen LogP contribution in [0, 0.1) is 6.92 Å². The van der Waals surface area contributed by atoms with Crippen molar-refractivity contribution >= 4 is 17.6 Å². The molecule has 1 unspecified atom stereocenters. The van der Waals surface area contributed by atoms with Crippen molar-refractivity contribution in [1.29, 1.82) is 0 Å². The summed E-state index contributed by atoms with van der Waals surface area (Å²) in [6.07, 6.45) is 1.61. The fraction of sp³-hybridized carbons (Fsp3) is 0.391. The molecule has 2 N–H and O–H groups in total. The van der Waals surface area contributed by atoms with Gasteiger partial charge in [-0.3, -0.25) is 9.79 Å². The number of carbonyl (C=O) groups excluding carboxylic acids is 1. The molecule has 1 saturated heterocycles. The summed E-state index contributed by atoms with van der Waals surface area (Å²) in [6, 6.07) is 16.9. The largest absolute Gasteiger partial charge is 0.356 e. The van der Waals surface area contributed by atoms with E-state index in [0.717, 1.165) is 36.7 Å². The molecule has 1 atom stereocenters. The first-order valence-corrected chi connectivity index (χ1v) is 9.97. The predicted molar refractivity (Wildman–Crippen MR) is 116 cm³/mol. The molecule has 0 bridgehead atoms. The highest BCUT2D eigenvalue weighted by molar-refractivity contribution is 5.95. The van der Waals surface area contributed by atoms with Gasteiger partial charge >= 0.3 is 0 Å². The molecule has 0 radical (unpaired) electrons. The molecule has 3 rings (SSSR count). The number of amides is 1. The van der Waals surface area contributed by atoms with E-state index in [2.05, 4.69) is 65.9 Å². The van der Waals surface area contributed by atoms with Crippen molar-refractivity contribution in [3.05, 3.63) is 65.2 Å². The van der Waals surface area contributed by atoms with Crippen LogP contribution in [0.5, 0.6) is 0 Å². The summed E-state index contributed by atoms with van der Waals surface area (Å²) < 4.78 is 0. The normalized spacial score (nSPS) is 15.6. The Morgan fingerprint density at radius 2 is 1.82 bits per heavy atom. The molecule has 1 aliphatic rings. The van der Waals surface area contributed by atoms with Gasteiger partial charge in [-0.25, -0.2) is 0 Å². The molecule has 28 heavy (non-hydrogen) atoms. The molecule has 0 saturated carbocycles. The highest BCUT2D eigenvalue weighted by Gasteiger charge is 2.21. The minimum Gasteiger partial charge on any atom is -0.356 e. The number of nitrogens with one attached hydrogen (secondary N) is 2. The molecule has 0 spiro atoms. The highest BCUT2D eigenvalue weighted by atomic mass is 16.2. The summed E-state index contributed by atoms with van der Waals surface area (Å²) >= 11 is 0. The molecule has 2 aromatic carbocycles. The Hall–Kier alpha value is -2.82. The molecule has 1 aliphatic heterocycles. The van der Waals surface area contributed by atoms with Gasteiger partial charge in [0.1, 0.15) is 0 Å². The van der Waals surface area contributed by atoms with Crippen LogP contribution in [0.2, 0.25) is 0 Å². The maximum Gasteiger partial charge on any atom is 0.227 e. The van der Waals surface area contributed by atoms with Crippen molar-refractivity contribution in [1.82, 2.24) is 10.6 Å². The monoisotopic (exact) mass is 378 g/mol. The lowest BCUT2D eigenvalue weighted by atomic mass is 10.0. The van der Waals surface area contributed by atoms with E-state index >= 15 is 0 Å². The van der Waals surface area contributed by atoms with Crippen LogP contribution in [0.1, 0.15) is 42.4 Å². The summed E-state index contributed by atoms with van der Waals surface area (Å²) in [5.74, 6) is 1.41. The summed E-state index contributed by atoms with van der Waals surface area (Å²) in [5, 5.41) is 6.76. The fourth-order valence-corrected chi connectivity index (χ4v) is 3.38. The van der Waals surface area contributed by atoms with Crippen molar-refractivity contribution in [2.45, 2.75) is 39.2 Å². The zero-order chi connectivity index (χ0) is 19.9. The van der Waals surface area contributed by atoms with Gasteiger partial charge in [-0.15, -0.1) is 0 Å². The third-order valence-electron chi connectivity index (χ3n) is 5.23. The average molecular weight is 379 g/mol. The van der Waals surface area contributed by atoms with Gasteiger partial charge in [-0.1, -0.05) is 48.9 Å². The van der Waals surface area contributed by atoms with E-state index in [1.807, 2.05) is 17.0 Å². The number of anilines is 1. The Morgan fingerprint density at radius 1 is 1.11 bits per heavy atom. The van der Waals surface area contributed by atoms with Gasteiger partial charge in [0, 0.05) is 38.8 Å². The number of guanidine groups is 1. The van der Waals surface area contributed by atoms with E-state index in [1.165, 1.54) is 11.1 Å². The summed E-state index contributed by atoms with van der Waals surface area (Å²) in [7, 11) is 1.79. The third-order valence-corrected chi connectivity index (χ3v) is 5.23. The first-order valence-electron chi connectivity index (χ1n) is 9.97. The van der Waals surface area contributed by atoms with Crippen LogP contribution in [0.4, 0.5) is 5.69 Å². The third kappa shape index (κ3) is 5.12. The van der Waals surface area contributed by atoms with Gasteiger partial charge < -0.3 is 15.5 Å². The minimum atomic E-state index is 0.221. The van der Waals surface area contributed by atoms with E-state index < -0.39 is 0 Å². The maximum absolute atomic E-state index is 11.8. The van der Waals surface area contributed by atoms with Crippen LogP contribution in [0.15, 0.2) is 53.5 Å². The molecule has 0 aromatic heterocycles. The van der Waals surface area contributed by atoms with Crippen molar-refractivity contribution in [2.24, 2.45) is 4.99 Å². The number of hydrogen-bond acceptors (Lipinski definition) is 2. The predicted octanol–water partition coefficient (Wildman–Crippen LogP) is 3.59. The number of carbonyl (C=O) groups is 1. The van der Waals surface area contributed by atoms with Gasteiger partial charge in [0.2, 0.25) is 5.91 Å². The molecule has 148 valence electrons. The Balaban J connectivity index is 1.48. The topological polar surface area (TPSA) is 56.7 Å². The van der Waals surface area contributed by atoms with Crippen molar-refractivity contribution in [3.63, 3.8) is 0 Å². The van der Waals surface area contributed by atoms with Crippen LogP contribution in [-0.4, -0.2) is 32.0 Å². The van der Waals surface area contributed by atoms with Crippen LogP contribution in [0.25, 0.3) is 0 Å². The fourth-order valence-electron chi connectivity index (χ4n) is 3.38. The van der Waals surface area contributed by atoms with Crippen molar-refractivity contribution < 1.29 is 4.79 Å². The molecule has 1 heterocycles. The summed E-state index contributed by atoms with van der Waals surface area (Å²) in [6.45, 7) is 6.65. The Bertz CT molecular complexity index is 812. The maximum atomic E-state index is 11.8. The Labute approximate surface area is 167 Å². The smallest absolute Gasteiger partial charge is 0.227 e. The van der Waals surface area contributed by atoms with Crippen LogP contribution >= 0.6 is 0 Å². The molecule has 2 aromatic rings. The lowest BCUT2D eigenvalue weighted by Gasteiger charge is -2.18. The van der Waals surface area contributed by atoms with Crippen LogP contribution in [0.3, 0.4) is 0 Å². The lowest BCUT2D eigenvalue weighted by molar-refractivity contribution is -0.117. The van der Waals surface area contributed by atoms with E-state index in [-0.39, 0.29) is 5.91 Å². The molecule has 5 heteroatoms. The van der Waals surface area contributed by atoms with Crippen LogP contribution < -0.4 is 15.5 Å². The highest BCUT2D eigenvalue weighted by Crippen LogP contribution is 2.21. The number of nitrogens with zero attached hydrogens (tertiary/aromatic N) is 2. The van der Waals surface area contributed by atoms with E-state index in [1.54, 1.807) is 7.05 Å². The second-order valence-electron chi connectivity index (χ2n) is 7.43. The molecule has 1 amide bonds. The number of benzene rings is 2. The molecule has 1 fully saturated rings. The number of aliphatic imine (C=N–C) groups is 1. The zero-order valence-electron chi connectivity index (χ0n) is 17.0. The Kier molecular flexibility index (Phi) is 6.69. The molecular formula is C23H30N4O. The first-order chi connectivity index (χ1) is 13.6. The van der Waals surface area contributed by atoms with Gasteiger partial charge in [0.15, 0.2) is 5.96 Å². The molecular weight excluding hydrogens is 348 g/mol. The average Bonchev–Trinajstić information content (AvgIpc) is 3.15. The van der Waals surface area contributed by atoms with E-state index in [4.69, 9.17) is 0 Å². The Morgan fingerprint density at radius 3 is 2.43 bits per heavy atom. The van der Waals surface area contributed by atoms with Crippen LogP contribution in [-0.2, 0) is 11.3 Å².